The number of hydrogen-bond donors (Lipinski definition) is 3. The van der Waals surface area contributed by atoms with Gasteiger partial charge < -0.3 is 5.32 Å². The molecule has 0 aliphatic heterocycles. The molecule has 0 saturated carbocycles. The Balaban J connectivity index is 2.20. The number of para-hydroxylation sites is 1. The molecule has 5 nitrogen and oxygen atoms in total. The Labute approximate surface area is 141 Å². The largest absolute Gasteiger partial charge is 0.357 e. The molecule has 23 heavy (non-hydrogen) atoms. The van der Waals surface area contributed by atoms with Gasteiger partial charge in [0.25, 0.3) is 5.91 Å². The topological polar surface area (TPSA) is 66.0 Å². The van der Waals surface area contributed by atoms with Crippen LogP contribution in [-0.4, -0.2) is 21.5 Å². The molecular weight excluding hydrogens is 308 g/mol. The van der Waals surface area contributed by atoms with Crippen LogP contribution in [0.5, 0.6) is 0 Å². The number of carbonyl (C=O) groups excluding carboxylic acids is 1. The van der Waals surface area contributed by atoms with Crippen molar-refractivity contribution in [3.05, 3.63) is 41.1 Å². The van der Waals surface area contributed by atoms with E-state index in [1.165, 1.54) is 0 Å². The summed E-state index contributed by atoms with van der Waals surface area (Å²) in [7, 11) is 0. The number of aryl methyl sites for hydroxylation is 2. The van der Waals surface area contributed by atoms with E-state index < -0.39 is 0 Å². The molecule has 0 aliphatic rings. The van der Waals surface area contributed by atoms with Gasteiger partial charge >= 0.3 is 0 Å². The van der Waals surface area contributed by atoms with Gasteiger partial charge in [-0.3, -0.25) is 20.6 Å². The monoisotopic (exact) mass is 330 g/mol. The average Bonchev–Trinajstić information content (AvgIpc) is 2.43. The number of hydrogen-bond acceptors (Lipinski definition) is 3. The minimum Gasteiger partial charge on any atom is -0.357 e. The van der Waals surface area contributed by atoms with Gasteiger partial charge in [0.2, 0.25) is 0 Å². The summed E-state index contributed by atoms with van der Waals surface area (Å²) >= 11 is 5.16. The molecule has 0 unspecified atom stereocenters. The van der Waals surface area contributed by atoms with Crippen LogP contribution in [0, 0.1) is 13.8 Å². The number of fused-ring (bicyclic) bond motifs is 1. The minimum atomic E-state index is -0.253. The number of rotatable bonds is 1. The second-order valence-corrected chi connectivity index (χ2v) is 6.91. The summed E-state index contributed by atoms with van der Waals surface area (Å²) in [5, 5.41) is 4.42. The lowest BCUT2D eigenvalue weighted by Crippen LogP contribution is -2.52. The normalized spacial score (nSPS) is 11.2. The van der Waals surface area contributed by atoms with Gasteiger partial charge in [-0.05, 0) is 58.5 Å². The van der Waals surface area contributed by atoms with Gasteiger partial charge in [-0.1, -0.05) is 18.2 Å². The van der Waals surface area contributed by atoms with Crippen LogP contribution >= 0.6 is 12.2 Å². The van der Waals surface area contributed by atoms with Crippen molar-refractivity contribution in [2.24, 2.45) is 0 Å². The lowest BCUT2D eigenvalue weighted by molar-refractivity contribution is 0.0942. The first-order valence-electron chi connectivity index (χ1n) is 7.43. The Morgan fingerprint density at radius 3 is 2.43 bits per heavy atom. The van der Waals surface area contributed by atoms with Crippen molar-refractivity contribution in [2.45, 2.75) is 40.2 Å². The molecule has 0 bridgehead atoms. The molecule has 0 spiro atoms. The summed E-state index contributed by atoms with van der Waals surface area (Å²) in [6, 6.07) is 7.78. The smallest absolute Gasteiger partial charge is 0.271 e. The van der Waals surface area contributed by atoms with Gasteiger partial charge in [0.05, 0.1) is 16.8 Å². The molecule has 1 heterocycles. The molecular formula is C17H22N4OS. The van der Waals surface area contributed by atoms with Crippen LogP contribution < -0.4 is 16.2 Å². The Morgan fingerprint density at radius 2 is 1.78 bits per heavy atom. The molecule has 1 amide bonds. The van der Waals surface area contributed by atoms with Gasteiger partial charge in [-0.2, -0.15) is 0 Å². The summed E-state index contributed by atoms with van der Waals surface area (Å²) < 4.78 is 0. The van der Waals surface area contributed by atoms with E-state index in [1.54, 1.807) is 0 Å². The number of nitrogens with one attached hydrogen (secondary N) is 3. The van der Waals surface area contributed by atoms with Crippen LogP contribution in [-0.2, 0) is 0 Å². The molecule has 0 atom stereocenters. The van der Waals surface area contributed by atoms with E-state index in [2.05, 4.69) is 21.2 Å². The van der Waals surface area contributed by atoms with E-state index in [0.29, 0.717) is 16.4 Å². The number of aromatic nitrogens is 1. The van der Waals surface area contributed by atoms with Crippen LogP contribution in [0.2, 0.25) is 0 Å². The van der Waals surface area contributed by atoms with Gasteiger partial charge in [0, 0.05) is 10.9 Å². The number of nitrogens with zero attached hydrogens (tertiary/aromatic N) is 1. The molecule has 6 heteroatoms. The molecule has 1 aromatic carbocycles. The SMILES string of the molecule is Cc1nc2ccccc2c(C)c1C(=O)NNC(=S)NC(C)(C)C. The van der Waals surface area contributed by atoms with E-state index in [0.717, 1.165) is 16.5 Å². The van der Waals surface area contributed by atoms with Crippen molar-refractivity contribution in [2.75, 3.05) is 0 Å². The first-order valence-corrected chi connectivity index (χ1v) is 7.84. The van der Waals surface area contributed by atoms with Crippen LogP contribution in [0.25, 0.3) is 10.9 Å². The lowest BCUT2D eigenvalue weighted by atomic mass is 10.0. The Bertz CT molecular complexity index is 765. The van der Waals surface area contributed by atoms with E-state index in [4.69, 9.17) is 12.2 Å². The lowest BCUT2D eigenvalue weighted by Gasteiger charge is -2.23. The maximum absolute atomic E-state index is 12.5. The fraction of sp³-hybridized carbons (Fsp3) is 0.353. The second kappa shape index (κ2) is 6.50. The van der Waals surface area contributed by atoms with Gasteiger partial charge in [-0.25, -0.2) is 0 Å². The zero-order chi connectivity index (χ0) is 17.2. The third-order valence-corrected chi connectivity index (χ3v) is 3.54. The molecule has 1 aromatic heterocycles. The van der Waals surface area contributed by atoms with E-state index >= 15 is 0 Å². The number of benzene rings is 1. The maximum Gasteiger partial charge on any atom is 0.271 e. The number of hydrazine groups is 1. The predicted molar refractivity (Wildman–Crippen MR) is 97.3 cm³/mol. The Hall–Kier alpha value is -2.21. The third-order valence-electron chi connectivity index (χ3n) is 3.34. The van der Waals surface area contributed by atoms with Crippen molar-refractivity contribution in [1.29, 1.82) is 0 Å². The molecule has 122 valence electrons. The minimum absolute atomic E-state index is 0.175. The highest BCUT2D eigenvalue weighted by atomic mass is 32.1. The van der Waals surface area contributed by atoms with Crippen LogP contribution in [0.4, 0.5) is 0 Å². The summed E-state index contributed by atoms with van der Waals surface area (Å²) in [6.45, 7) is 9.73. The summed E-state index contributed by atoms with van der Waals surface area (Å²) in [4.78, 5) is 17.0. The van der Waals surface area contributed by atoms with Gasteiger partial charge in [0.15, 0.2) is 5.11 Å². The van der Waals surface area contributed by atoms with E-state index in [1.807, 2.05) is 58.9 Å². The van der Waals surface area contributed by atoms with Crippen molar-refractivity contribution in [3.63, 3.8) is 0 Å². The maximum atomic E-state index is 12.5. The zero-order valence-corrected chi connectivity index (χ0v) is 14.9. The highest BCUT2D eigenvalue weighted by molar-refractivity contribution is 7.80. The molecule has 2 aromatic rings. The van der Waals surface area contributed by atoms with Crippen LogP contribution in [0.3, 0.4) is 0 Å². The molecule has 0 fully saturated rings. The van der Waals surface area contributed by atoms with Crippen LogP contribution in [0.1, 0.15) is 42.4 Å². The van der Waals surface area contributed by atoms with Crippen molar-refractivity contribution >= 4 is 34.1 Å². The van der Waals surface area contributed by atoms with Crippen molar-refractivity contribution in [3.8, 4) is 0 Å². The highest BCUT2D eigenvalue weighted by Crippen LogP contribution is 2.22. The second-order valence-electron chi connectivity index (χ2n) is 6.50. The van der Waals surface area contributed by atoms with Gasteiger partial charge in [-0.15, -0.1) is 0 Å². The van der Waals surface area contributed by atoms with E-state index in [-0.39, 0.29) is 11.4 Å². The number of thiocarbonyl (C=S) groups is 1. The van der Waals surface area contributed by atoms with Crippen molar-refractivity contribution in [1.82, 2.24) is 21.2 Å². The average molecular weight is 330 g/mol. The number of carbonyl (C=O) groups is 1. The van der Waals surface area contributed by atoms with Crippen LogP contribution in [0.15, 0.2) is 24.3 Å². The summed E-state index contributed by atoms with van der Waals surface area (Å²) in [6.07, 6.45) is 0. The first-order chi connectivity index (χ1) is 10.7. The molecule has 0 aliphatic carbocycles. The summed E-state index contributed by atoms with van der Waals surface area (Å²) in [5.74, 6) is -0.253. The van der Waals surface area contributed by atoms with E-state index in [9.17, 15) is 4.79 Å². The number of amides is 1. The molecule has 2 rings (SSSR count). The summed E-state index contributed by atoms with van der Waals surface area (Å²) in [5.41, 5.74) is 8.24. The zero-order valence-electron chi connectivity index (χ0n) is 14.1. The predicted octanol–water partition coefficient (Wildman–Crippen LogP) is 2.76. The fourth-order valence-corrected chi connectivity index (χ4v) is 2.77. The third kappa shape index (κ3) is 4.16. The molecule has 0 saturated heterocycles. The molecule has 0 radical (unpaired) electrons. The highest BCUT2D eigenvalue weighted by Gasteiger charge is 2.17. The van der Waals surface area contributed by atoms with Gasteiger partial charge in [0.1, 0.15) is 0 Å². The standard InChI is InChI=1S/C17H22N4OS/c1-10-12-8-6-7-9-13(12)18-11(2)14(10)15(22)20-21-16(23)19-17(3,4)5/h6-9H,1-5H3,(H,20,22)(H2,19,21,23). The number of pyridine rings is 1. The first kappa shape index (κ1) is 17.1. The quantitative estimate of drug-likeness (QED) is 0.554. The van der Waals surface area contributed by atoms with Crippen molar-refractivity contribution < 1.29 is 4.79 Å². The fourth-order valence-electron chi connectivity index (χ4n) is 2.41. The Morgan fingerprint density at radius 1 is 1.13 bits per heavy atom. The molecule has 3 N–H and O–H groups in total. The Kier molecular flexibility index (Phi) is 4.85.